The molecular weight excluding hydrogens is 388 g/mol. The van der Waals surface area contributed by atoms with Gasteiger partial charge in [-0.1, -0.05) is 37.6 Å². The molecule has 0 aliphatic rings. The second-order valence-corrected chi connectivity index (χ2v) is 8.86. The predicted octanol–water partition coefficient (Wildman–Crippen LogP) is 3.73. The van der Waals surface area contributed by atoms with E-state index in [0.717, 1.165) is 9.87 Å². The Labute approximate surface area is 165 Å². The van der Waals surface area contributed by atoms with E-state index in [1.165, 1.54) is 20.2 Å². The summed E-state index contributed by atoms with van der Waals surface area (Å²) in [5, 5.41) is 3.05. The number of rotatable bonds is 7. The van der Waals surface area contributed by atoms with Crippen LogP contribution in [0.2, 0.25) is 5.02 Å². The monoisotopic (exact) mass is 410 g/mol. The van der Waals surface area contributed by atoms with Crippen LogP contribution in [0.25, 0.3) is 0 Å². The maximum Gasteiger partial charge on any atom is 0.243 e. The van der Waals surface area contributed by atoms with E-state index < -0.39 is 15.9 Å². The Hall–Kier alpha value is -2.09. The lowest BCUT2D eigenvalue weighted by atomic mass is 10.0. The number of hydrogen-bond acceptors (Lipinski definition) is 4. The Kier molecular flexibility index (Phi) is 6.86. The van der Waals surface area contributed by atoms with Crippen molar-refractivity contribution >= 4 is 33.2 Å². The van der Waals surface area contributed by atoms with E-state index >= 15 is 0 Å². The Morgan fingerprint density at radius 2 is 1.81 bits per heavy atom. The van der Waals surface area contributed by atoms with Crippen LogP contribution in [0.3, 0.4) is 0 Å². The molecule has 0 aliphatic heterocycles. The van der Waals surface area contributed by atoms with E-state index in [-0.39, 0.29) is 11.4 Å². The summed E-state index contributed by atoms with van der Waals surface area (Å²) in [6, 6.07) is 11.5. The van der Waals surface area contributed by atoms with Gasteiger partial charge in [-0.2, -0.15) is 4.31 Å². The molecule has 0 atom stereocenters. The van der Waals surface area contributed by atoms with Crippen molar-refractivity contribution in [3.63, 3.8) is 0 Å². The summed E-state index contributed by atoms with van der Waals surface area (Å²) in [7, 11) is -0.947. The fourth-order valence-corrected chi connectivity index (χ4v) is 3.76. The molecule has 1 N–H and O–H groups in total. The number of nitrogens with zero attached hydrogens (tertiary/aromatic N) is 1. The van der Waals surface area contributed by atoms with Crippen molar-refractivity contribution in [1.82, 2.24) is 4.31 Å². The second kappa shape index (κ2) is 8.73. The van der Waals surface area contributed by atoms with E-state index in [2.05, 4.69) is 5.32 Å². The maximum absolute atomic E-state index is 12.7. The lowest BCUT2D eigenvalue weighted by Crippen LogP contribution is -2.35. The molecule has 2 rings (SSSR count). The Balaban J connectivity index is 2.12. The molecule has 8 heteroatoms. The van der Waals surface area contributed by atoms with E-state index in [4.69, 9.17) is 16.3 Å². The molecule has 0 saturated carbocycles. The van der Waals surface area contributed by atoms with Crippen molar-refractivity contribution in [2.24, 2.45) is 0 Å². The van der Waals surface area contributed by atoms with Crippen LogP contribution < -0.4 is 10.1 Å². The van der Waals surface area contributed by atoms with E-state index in [0.29, 0.717) is 22.4 Å². The smallest absolute Gasteiger partial charge is 0.243 e. The molecule has 0 aliphatic carbocycles. The molecule has 0 saturated heterocycles. The average molecular weight is 411 g/mol. The van der Waals surface area contributed by atoms with Crippen LogP contribution in [-0.2, 0) is 14.8 Å². The zero-order valence-corrected chi connectivity index (χ0v) is 17.3. The number of anilines is 1. The van der Waals surface area contributed by atoms with Crippen LogP contribution in [-0.4, -0.2) is 39.3 Å². The van der Waals surface area contributed by atoms with Gasteiger partial charge in [0.05, 0.1) is 24.2 Å². The van der Waals surface area contributed by atoms with Gasteiger partial charge < -0.3 is 10.1 Å². The molecule has 0 spiro atoms. The quantitative estimate of drug-likeness (QED) is 0.754. The normalized spacial score (nSPS) is 11.7. The number of ether oxygens (including phenoxy) is 1. The van der Waals surface area contributed by atoms with Gasteiger partial charge in [-0.15, -0.1) is 0 Å². The van der Waals surface area contributed by atoms with Crippen LogP contribution >= 0.6 is 11.6 Å². The second-order valence-electron chi connectivity index (χ2n) is 6.38. The van der Waals surface area contributed by atoms with Crippen molar-refractivity contribution in [3.05, 3.63) is 53.1 Å². The number of halogens is 1. The number of amides is 1. The first-order valence-electron chi connectivity index (χ1n) is 8.35. The Morgan fingerprint density at radius 1 is 1.19 bits per heavy atom. The third-order valence-corrected chi connectivity index (χ3v) is 6.11. The number of hydrogen-bond donors (Lipinski definition) is 1. The van der Waals surface area contributed by atoms with Crippen molar-refractivity contribution in [1.29, 1.82) is 0 Å². The number of carbonyl (C=O) groups excluding carboxylic acids is 1. The van der Waals surface area contributed by atoms with Crippen molar-refractivity contribution in [2.45, 2.75) is 24.7 Å². The standard InChI is InChI=1S/C19H23ClN2O4S/c1-13(2)14-5-8-16(9-6-14)27(24,25)22(3)12-19(23)21-17-11-15(20)7-10-18(17)26-4/h5-11,13H,12H2,1-4H3,(H,21,23). The molecule has 0 heterocycles. The molecule has 1 amide bonds. The van der Waals surface area contributed by atoms with Gasteiger partial charge in [0.15, 0.2) is 0 Å². The lowest BCUT2D eigenvalue weighted by molar-refractivity contribution is -0.116. The van der Waals surface area contributed by atoms with Gasteiger partial charge >= 0.3 is 0 Å². The van der Waals surface area contributed by atoms with Crippen LogP contribution in [0.1, 0.15) is 25.3 Å². The third kappa shape index (κ3) is 5.22. The van der Waals surface area contributed by atoms with Crippen molar-refractivity contribution < 1.29 is 17.9 Å². The van der Waals surface area contributed by atoms with E-state index in [1.54, 1.807) is 36.4 Å². The fraction of sp³-hybridized carbons (Fsp3) is 0.316. The highest BCUT2D eigenvalue weighted by atomic mass is 35.5. The number of likely N-dealkylation sites (N-methyl/N-ethyl adjacent to an activating group) is 1. The molecular formula is C19H23ClN2O4S. The summed E-state index contributed by atoms with van der Waals surface area (Å²) >= 11 is 5.94. The highest BCUT2D eigenvalue weighted by molar-refractivity contribution is 7.89. The van der Waals surface area contributed by atoms with Gasteiger partial charge in [0.2, 0.25) is 15.9 Å². The SMILES string of the molecule is COc1ccc(Cl)cc1NC(=O)CN(C)S(=O)(=O)c1ccc(C(C)C)cc1. The lowest BCUT2D eigenvalue weighted by Gasteiger charge is -2.18. The van der Waals surface area contributed by atoms with Crippen LogP contribution in [0.15, 0.2) is 47.4 Å². The minimum Gasteiger partial charge on any atom is -0.495 e. The van der Waals surface area contributed by atoms with Crippen LogP contribution in [0.5, 0.6) is 5.75 Å². The van der Waals surface area contributed by atoms with Gasteiger partial charge in [-0.05, 0) is 41.8 Å². The largest absolute Gasteiger partial charge is 0.495 e. The third-order valence-electron chi connectivity index (χ3n) is 4.06. The molecule has 0 bridgehead atoms. The van der Waals surface area contributed by atoms with Crippen molar-refractivity contribution in [3.8, 4) is 5.75 Å². The van der Waals surface area contributed by atoms with Crippen molar-refractivity contribution in [2.75, 3.05) is 26.0 Å². The summed E-state index contributed by atoms with van der Waals surface area (Å²) in [6.07, 6.45) is 0. The van der Waals surface area contributed by atoms with Crippen LogP contribution in [0.4, 0.5) is 5.69 Å². The zero-order chi connectivity index (χ0) is 20.2. The van der Waals surface area contributed by atoms with Gasteiger partial charge in [0, 0.05) is 12.1 Å². The molecule has 6 nitrogen and oxygen atoms in total. The molecule has 0 fully saturated rings. The number of benzene rings is 2. The van der Waals surface area contributed by atoms with Gasteiger partial charge in [-0.25, -0.2) is 8.42 Å². The predicted molar refractivity (Wildman–Crippen MR) is 107 cm³/mol. The molecule has 27 heavy (non-hydrogen) atoms. The minimum absolute atomic E-state index is 0.141. The summed E-state index contributed by atoms with van der Waals surface area (Å²) in [5.41, 5.74) is 1.42. The highest BCUT2D eigenvalue weighted by Crippen LogP contribution is 2.27. The molecule has 0 unspecified atom stereocenters. The Bertz CT molecular complexity index is 912. The zero-order valence-electron chi connectivity index (χ0n) is 15.7. The fourth-order valence-electron chi connectivity index (χ4n) is 2.46. The van der Waals surface area contributed by atoms with Gasteiger partial charge in [-0.3, -0.25) is 4.79 Å². The minimum atomic E-state index is -3.78. The number of sulfonamides is 1. The first kappa shape index (κ1) is 21.2. The topological polar surface area (TPSA) is 75.7 Å². The van der Waals surface area contributed by atoms with Gasteiger partial charge in [0.1, 0.15) is 5.75 Å². The van der Waals surface area contributed by atoms with Gasteiger partial charge in [0.25, 0.3) is 0 Å². The number of nitrogens with one attached hydrogen (secondary N) is 1. The average Bonchev–Trinajstić information content (AvgIpc) is 2.61. The maximum atomic E-state index is 12.7. The van der Waals surface area contributed by atoms with E-state index in [9.17, 15) is 13.2 Å². The first-order valence-corrected chi connectivity index (χ1v) is 10.2. The Morgan fingerprint density at radius 3 is 2.37 bits per heavy atom. The summed E-state index contributed by atoms with van der Waals surface area (Å²) in [5.74, 6) is 0.237. The molecule has 146 valence electrons. The number of methoxy groups -OCH3 is 1. The first-order chi connectivity index (χ1) is 12.6. The summed E-state index contributed by atoms with van der Waals surface area (Å²) in [6.45, 7) is 3.72. The molecule has 2 aromatic rings. The van der Waals surface area contributed by atoms with Crippen LogP contribution in [0, 0.1) is 0 Å². The molecule has 0 aromatic heterocycles. The summed E-state index contributed by atoms with van der Waals surface area (Å²) in [4.78, 5) is 12.4. The molecule has 2 aromatic carbocycles. The van der Waals surface area contributed by atoms with E-state index in [1.807, 2.05) is 13.8 Å². The highest BCUT2D eigenvalue weighted by Gasteiger charge is 2.23. The summed E-state index contributed by atoms with van der Waals surface area (Å²) < 4.78 is 31.5. The molecule has 0 radical (unpaired) electrons. The number of carbonyl (C=O) groups is 1.